The van der Waals surface area contributed by atoms with E-state index in [1.54, 1.807) is 0 Å². The van der Waals surface area contributed by atoms with Gasteiger partial charge in [0.05, 0.1) is 0 Å². The maximum absolute atomic E-state index is 6.15. The predicted octanol–water partition coefficient (Wildman–Crippen LogP) is 2.58. The molecule has 0 bridgehead atoms. The van der Waals surface area contributed by atoms with Crippen LogP contribution in [-0.2, 0) is 0 Å². The molecule has 3 N–H and O–H groups in total. The second-order valence-corrected chi connectivity index (χ2v) is 4.19. The van der Waals surface area contributed by atoms with E-state index in [4.69, 9.17) is 5.73 Å². The smallest absolute Gasteiger partial charge is 0.0454 e. The van der Waals surface area contributed by atoms with E-state index in [-0.39, 0.29) is 6.04 Å². The van der Waals surface area contributed by atoms with Crippen molar-refractivity contribution in [1.29, 1.82) is 0 Å². The number of hydrogen-bond acceptors (Lipinski definition) is 1. The van der Waals surface area contributed by atoms with E-state index in [0.717, 1.165) is 5.92 Å². The van der Waals surface area contributed by atoms with Gasteiger partial charge in [-0.05, 0) is 47.9 Å². The number of fused-ring (bicyclic) bond motifs is 1. The first-order chi connectivity index (χ1) is 6.84. The molecule has 0 amide bonds. The standard InChI is InChI=1S/C12H14N2/c13-12(8-1-2-8)10-3-4-11-9(7-10)5-6-14-11/h3-8,12,14H,1-2,13H2/t12-/m0/s1. The van der Waals surface area contributed by atoms with Crippen molar-refractivity contribution in [3.63, 3.8) is 0 Å². The Bertz CT molecular complexity index is 454. The molecule has 1 heterocycles. The minimum absolute atomic E-state index is 0.245. The second kappa shape index (κ2) is 2.85. The first-order valence-electron chi connectivity index (χ1n) is 5.17. The van der Waals surface area contributed by atoms with Gasteiger partial charge in [0.1, 0.15) is 0 Å². The highest BCUT2D eigenvalue weighted by Crippen LogP contribution is 2.39. The molecule has 1 aliphatic rings. The lowest BCUT2D eigenvalue weighted by Gasteiger charge is -2.10. The summed E-state index contributed by atoms with van der Waals surface area (Å²) in [6.07, 6.45) is 4.57. The van der Waals surface area contributed by atoms with E-state index in [1.807, 2.05) is 6.20 Å². The van der Waals surface area contributed by atoms with Crippen molar-refractivity contribution < 1.29 is 0 Å². The maximum atomic E-state index is 6.15. The average Bonchev–Trinajstić information content (AvgIpc) is 2.95. The highest BCUT2D eigenvalue weighted by molar-refractivity contribution is 5.80. The van der Waals surface area contributed by atoms with Gasteiger partial charge in [-0.25, -0.2) is 0 Å². The van der Waals surface area contributed by atoms with E-state index < -0.39 is 0 Å². The molecular weight excluding hydrogens is 172 g/mol. The Hall–Kier alpha value is -1.28. The minimum atomic E-state index is 0.245. The number of benzene rings is 1. The molecule has 0 spiro atoms. The molecule has 2 heteroatoms. The van der Waals surface area contributed by atoms with Crippen LogP contribution in [0.3, 0.4) is 0 Å². The zero-order valence-corrected chi connectivity index (χ0v) is 8.03. The van der Waals surface area contributed by atoms with Crippen LogP contribution in [0, 0.1) is 5.92 Å². The Kier molecular flexibility index (Phi) is 1.64. The van der Waals surface area contributed by atoms with Crippen molar-refractivity contribution in [2.75, 3.05) is 0 Å². The molecule has 0 aliphatic heterocycles. The van der Waals surface area contributed by atoms with E-state index in [2.05, 4.69) is 29.2 Å². The van der Waals surface area contributed by atoms with Gasteiger partial charge in [-0.2, -0.15) is 0 Å². The monoisotopic (exact) mass is 186 g/mol. The van der Waals surface area contributed by atoms with Crippen LogP contribution in [0.25, 0.3) is 10.9 Å². The molecule has 1 atom stereocenters. The van der Waals surface area contributed by atoms with Crippen LogP contribution in [-0.4, -0.2) is 4.98 Å². The summed E-state index contributed by atoms with van der Waals surface area (Å²) in [5, 5.41) is 1.26. The van der Waals surface area contributed by atoms with Gasteiger partial charge in [-0.3, -0.25) is 0 Å². The van der Waals surface area contributed by atoms with Gasteiger partial charge < -0.3 is 10.7 Å². The normalized spacial score (nSPS) is 18.6. The molecule has 1 fully saturated rings. The lowest BCUT2D eigenvalue weighted by atomic mass is 10.0. The highest BCUT2D eigenvalue weighted by atomic mass is 14.7. The molecule has 0 unspecified atom stereocenters. The van der Waals surface area contributed by atoms with Crippen LogP contribution in [0.5, 0.6) is 0 Å². The van der Waals surface area contributed by atoms with Crippen LogP contribution < -0.4 is 5.73 Å². The van der Waals surface area contributed by atoms with Crippen molar-refractivity contribution in [2.24, 2.45) is 11.7 Å². The molecule has 2 nitrogen and oxygen atoms in total. The number of nitrogens with two attached hydrogens (primary N) is 1. The van der Waals surface area contributed by atoms with Crippen LogP contribution in [0.4, 0.5) is 0 Å². The molecule has 1 aliphatic carbocycles. The van der Waals surface area contributed by atoms with E-state index >= 15 is 0 Å². The van der Waals surface area contributed by atoms with Gasteiger partial charge >= 0.3 is 0 Å². The van der Waals surface area contributed by atoms with Crippen molar-refractivity contribution in [2.45, 2.75) is 18.9 Å². The zero-order chi connectivity index (χ0) is 9.54. The van der Waals surface area contributed by atoms with Crippen LogP contribution in [0.1, 0.15) is 24.4 Å². The average molecular weight is 186 g/mol. The zero-order valence-electron chi connectivity index (χ0n) is 8.03. The first kappa shape index (κ1) is 8.06. The third kappa shape index (κ3) is 1.23. The summed E-state index contributed by atoms with van der Waals surface area (Å²) in [4.78, 5) is 3.19. The summed E-state index contributed by atoms with van der Waals surface area (Å²) < 4.78 is 0. The Morgan fingerprint density at radius 2 is 2.14 bits per heavy atom. The summed E-state index contributed by atoms with van der Waals surface area (Å²) in [5.74, 6) is 0.728. The summed E-state index contributed by atoms with van der Waals surface area (Å²) in [6.45, 7) is 0. The third-order valence-corrected chi connectivity index (χ3v) is 3.09. The Balaban J connectivity index is 2.03. The molecule has 0 saturated heterocycles. The predicted molar refractivity (Wildman–Crippen MR) is 58.0 cm³/mol. The Labute approximate surface area is 83.1 Å². The summed E-state index contributed by atoms with van der Waals surface area (Å²) >= 11 is 0. The Morgan fingerprint density at radius 3 is 2.93 bits per heavy atom. The molecule has 1 aromatic heterocycles. The largest absolute Gasteiger partial charge is 0.361 e. The lowest BCUT2D eigenvalue weighted by molar-refractivity contribution is 0.634. The minimum Gasteiger partial charge on any atom is -0.361 e. The molecule has 2 aromatic rings. The van der Waals surface area contributed by atoms with Crippen molar-refractivity contribution in [1.82, 2.24) is 4.98 Å². The fourth-order valence-electron chi connectivity index (χ4n) is 2.01. The van der Waals surface area contributed by atoms with Gasteiger partial charge in [0.15, 0.2) is 0 Å². The number of nitrogens with one attached hydrogen (secondary N) is 1. The quantitative estimate of drug-likeness (QED) is 0.743. The van der Waals surface area contributed by atoms with Gasteiger partial charge in [0.25, 0.3) is 0 Å². The van der Waals surface area contributed by atoms with Gasteiger partial charge in [0.2, 0.25) is 0 Å². The molecule has 1 saturated carbocycles. The topological polar surface area (TPSA) is 41.8 Å². The Morgan fingerprint density at radius 1 is 1.29 bits per heavy atom. The summed E-state index contributed by atoms with van der Waals surface area (Å²) in [6, 6.07) is 8.80. The highest BCUT2D eigenvalue weighted by Gasteiger charge is 2.29. The number of hydrogen-bond donors (Lipinski definition) is 2. The maximum Gasteiger partial charge on any atom is 0.0454 e. The fourth-order valence-corrected chi connectivity index (χ4v) is 2.01. The molecule has 14 heavy (non-hydrogen) atoms. The van der Waals surface area contributed by atoms with Crippen LogP contribution >= 0.6 is 0 Å². The van der Waals surface area contributed by atoms with Gasteiger partial charge in [0, 0.05) is 17.8 Å². The number of rotatable bonds is 2. The third-order valence-electron chi connectivity index (χ3n) is 3.09. The molecular formula is C12H14N2. The van der Waals surface area contributed by atoms with Gasteiger partial charge in [-0.1, -0.05) is 6.07 Å². The first-order valence-corrected chi connectivity index (χ1v) is 5.17. The van der Waals surface area contributed by atoms with Crippen LogP contribution in [0.15, 0.2) is 30.5 Å². The van der Waals surface area contributed by atoms with Crippen LogP contribution in [0.2, 0.25) is 0 Å². The number of aromatic amines is 1. The van der Waals surface area contributed by atoms with Crippen molar-refractivity contribution in [3.8, 4) is 0 Å². The number of aromatic nitrogens is 1. The second-order valence-electron chi connectivity index (χ2n) is 4.19. The summed E-state index contributed by atoms with van der Waals surface area (Å²) in [5.41, 5.74) is 8.62. The SMILES string of the molecule is N[C@H](c1ccc2[nH]ccc2c1)C1CC1. The fraction of sp³-hybridized carbons (Fsp3) is 0.333. The summed E-state index contributed by atoms with van der Waals surface area (Å²) in [7, 11) is 0. The molecule has 0 radical (unpaired) electrons. The van der Waals surface area contributed by atoms with E-state index in [9.17, 15) is 0 Å². The molecule has 3 rings (SSSR count). The number of H-pyrrole nitrogens is 1. The molecule has 1 aromatic carbocycles. The molecule has 72 valence electrons. The lowest BCUT2D eigenvalue weighted by Crippen LogP contribution is -2.11. The van der Waals surface area contributed by atoms with E-state index in [1.165, 1.54) is 29.3 Å². The van der Waals surface area contributed by atoms with Gasteiger partial charge in [-0.15, -0.1) is 0 Å². The van der Waals surface area contributed by atoms with E-state index in [0.29, 0.717) is 0 Å². The van der Waals surface area contributed by atoms with Crippen molar-refractivity contribution >= 4 is 10.9 Å². The van der Waals surface area contributed by atoms with Crippen molar-refractivity contribution in [3.05, 3.63) is 36.0 Å².